The summed E-state index contributed by atoms with van der Waals surface area (Å²) in [6.07, 6.45) is 1.03. The van der Waals surface area contributed by atoms with Gasteiger partial charge in [0, 0.05) is 19.0 Å². The molecule has 1 N–H and O–H groups in total. The average Bonchev–Trinajstić information content (AvgIpc) is 2.83. The van der Waals surface area contributed by atoms with Crippen LogP contribution in [-0.4, -0.2) is 40.0 Å². The predicted octanol–water partition coefficient (Wildman–Crippen LogP) is 4.46. The maximum atomic E-state index is 6.39. The van der Waals surface area contributed by atoms with Crippen molar-refractivity contribution in [3.63, 3.8) is 0 Å². The number of nitrogens with one attached hydrogen (secondary N) is 1. The standard InChI is InChI=1S/C26H29NO4/c1-28-23-13-8-14-24(29-2)26(23)30-16-15-27-18-25-21(19-9-4-3-5-10-19)17-20-11-6-7-12-22(20)31-25/h3-14,21,25,27H,15-18H2,1-2H3/t21-,25+/m0/s1. The second-order valence-corrected chi connectivity index (χ2v) is 7.53. The Morgan fingerprint density at radius 1 is 0.871 bits per heavy atom. The van der Waals surface area contributed by atoms with Crippen LogP contribution in [0.15, 0.2) is 72.8 Å². The number of ether oxygens (including phenoxy) is 4. The smallest absolute Gasteiger partial charge is 0.203 e. The lowest BCUT2D eigenvalue weighted by atomic mass is 9.85. The first-order valence-electron chi connectivity index (χ1n) is 10.6. The Morgan fingerprint density at radius 3 is 2.32 bits per heavy atom. The zero-order chi connectivity index (χ0) is 21.5. The van der Waals surface area contributed by atoms with E-state index in [4.69, 9.17) is 18.9 Å². The van der Waals surface area contributed by atoms with Crippen LogP contribution in [0.1, 0.15) is 17.0 Å². The Hall–Kier alpha value is -3.18. The minimum Gasteiger partial charge on any atom is -0.493 e. The Bertz CT molecular complexity index is 954. The molecule has 3 aromatic rings. The predicted molar refractivity (Wildman–Crippen MR) is 122 cm³/mol. The maximum absolute atomic E-state index is 6.39. The van der Waals surface area contributed by atoms with Gasteiger partial charge in [-0.3, -0.25) is 0 Å². The number of rotatable bonds is 9. The first-order chi connectivity index (χ1) is 15.3. The molecule has 1 aliphatic heterocycles. The third kappa shape index (κ3) is 4.94. The van der Waals surface area contributed by atoms with Crippen LogP contribution in [0.3, 0.4) is 0 Å². The van der Waals surface area contributed by atoms with Gasteiger partial charge in [-0.15, -0.1) is 0 Å². The fraction of sp³-hybridized carbons (Fsp3) is 0.308. The van der Waals surface area contributed by atoms with Gasteiger partial charge >= 0.3 is 0 Å². The summed E-state index contributed by atoms with van der Waals surface area (Å²) in [7, 11) is 3.25. The Balaban J connectivity index is 1.37. The zero-order valence-corrected chi connectivity index (χ0v) is 18.0. The molecular formula is C26H29NO4. The number of hydrogen-bond donors (Lipinski definition) is 1. The monoisotopic (exact) mass is 419 g/mol. The van der Waals surface area contributed by atoms with Crippen LogP contribution in [-0.2, 0) is 6.42 Å². The Kier molecular flexibility index (Phi) is 6.95. The van der Waals surface area contributed by atoms with Gasteiger partial charge < -0.3 is 24.3 Å². The highest BCUT2D eigenvalue weighted by atomic mass is 16.5. The van der Waals surface area contributed by atoms with Gasteiger partial charge in [0.2, 0.25) is 5.75 Å². The second-order valence-electron chi connectivity index (χ2n) is 7.53. The summed E-state index contributed by atoms with van der Waals surface area (Å²) in [5.41, 5.74) is 2.57. The van der Waals surface area contributed by atoms with Gasteiger partial charge in [0.05, 0.1) is 14.2 Å². The quantitative estimate of drug-likeness (QED) is 0.519. The number of para-hydroxylation sites is 2. The van der Waals surface area contributed by atoms with Crippen LogP contribution >= 0.6 is 0 Å². The van der Waals surface area contributed by atoms with Gasteiger partial charge in [0.1, 0.15) is 18.5 Å². The van der Waals surface area contributed by atoms with Gasteiger partial charge in [-0.25, -0.2) is 0 Å². The van der Waals surface area contributed by atoms with Crippen molar-refractivity contribution < 1.29 is 18.9 Å². The van der Waals surface area contributed by atoms with E-state index in [9.17, 15) is 0 Å². The molecule has 0 amide bonds. The number of benzene rings is 3. The summed E-state index contributed by atoms with van der Waals surface area (Å²) < 4.78 is 23.1. The summed E-state index contributed by atoms with van der Waals surface area (Å²) >= 11 is 0. The molecule has 0 spiro atoms. The highest BCUT2D eigenvalue weighted by Crippen LogP contribution is 2.37. The summed E-state index contributed by atoms with van der Waals surface area (Å²) in [6.45, 7) is 1.92. The number of methoxy groups -OCH3 is 2. The first-order valence-corrected chi connectivity index (χ1v) is 10.6. The van der Waals surface area contributed by atoms with Crippen molar-refractivity contribution in [3.8, 4) is 23.0 Å². The molecule has 0 bridgehead atoms. The van der Waals surface area contributed by atoms with Crippen LogP contribution < -0.4 is 24.3 Å². The largest absolute Gasteiger partial charge is 0.493 e. The van der Waals surface area contributed by atoms with E-state index in [-0.39, 0.29) is 6.10 Å². The third-order valence-corrected chi connectivity index (χ3v) is 5.62. The average molecular weight is 420 g/mol. The summed E-state index contributed by atoms with van der Waals surface area (Å²) in [4.78, 5) is 0. The van der Waals surface area contributed by atoms with Gasteiger partial charge in [0.15, 0.2) is 11.5 Å². The lowest BCUT2D eigenvalue weighted by molar-refractivity contribution is 0.145. The lowest BCUT2D eigenvalue weighted by Gasteiger charge is -2.34. The normalized spacial score (nSPS) is 17.4. The molecule has 0 saturated carbocycles. The molecule has 0 saturated heterocycles. The number of fused-ring (bicyclic) bond motifs is 1. The van der Waals surface area contributed by atoms with Gasteiger partial charge in [-0.1, -0.05) is 54.6 Å². The van der Waals surface area contributed by atoms with E-state index >= 15 is 0 Å². The van der Waals surface area contributed by atoms with Crippen molar-refractivity contribution >= 4 is 0 Å². The van der Waals surface area contributed by atoms with Gasteiger partial charge in [0.25, 0.3) is 0 Å². The van der Waals surface area contributed by atoms with Crippen LogP contribution in [0.5, 0.6) is 23.0 Å². The molecule has 31 heavy (non-hydrogen) atoms. The molecular weight excluding hydrogens is 390 g/mol. The molecule has 0 unspecified atom stereocenters. The van der Waals surface area contributed by atoms with Gasteiger partial charge in [-0.2, -0.15) is 0 Å². The SMILES string of the molecule is COc1cccc(OC)c1OCCNC[C@H]1Oc2ccccc2C[C@H]1c1ccccc1. The van der Waals surface area contributed by atoms with Crippen molar-refractivity contribution in [2.75, 3.05) is 33.9 Å². The van der Waals surface area contributed by atoms with E-state index in [2.05, 4.69) is 53.8 Å². The molecule has 2 atom stereocenters. The van der Waals surface area contributed by atoms with E-state index in [1.807, 2.05) is 24.3 Å². The highest BCUT2D eigenvalue weighted by molar-refractivity contribution is 5.51. The molecule has 3 aromatic carbocycles. The first kappa shape index (κ1) is 21.1. The zero-order valence-electron chi connectivity index (χ0n) is 18.0. The Morgan fingerprint density at radius 2 is 1.58 bits per heavy atom. The minimum atomic E-state index is 0.0538. The minimum absolute atomic E-state index is 0.0538. The molecule has 0 aliphatic carbocycles. The Labute approximate surface area is 183 Å². The van der Waals surface area contributed by atoms with E-state index < -0.39 is 0 Å². The lowest BCUT2D eigenvalue weighted by Crippen LogP contribution is -2.40. The van der Waals surface area contributed by atoms with Gasteiger partial charge in [-0.05, 0) is 35.7 Å². The summed E-state index contributed by atoms with van der Waals surface area (Å²) in [6, 6.07) is 24.5. The molecule has 4 rings (SSSR count). The van der Waals surface area contributed by atoms with Crippen molar-refractivity contribution in [2.24, 2.45) is 0 Å². The van der Waals surface area contributed by atoms with Crippen molar-refractivity contribution in [1.29, 1.82) is 0 Å². The molecule has 5 heteroatoms. The van der Waals surface area contributed by atoms with Crippen LogP contribution in [0.4, 0.5) is 0 Å². The van der Waals surface area contributed by atoms with E-state index in [0.717, 1.165) is 18.7 Å². The molecule has 0 radical (unpaired) electrons. The van der Waals surface area contributed by atoms with Crippen molar-refractivity contribution in [2.45, 2.75) is 18.4 Å². The molecule has 1 aliphatic rings. The second kappa shape index (κ2) is 10.2. The maximum Gasteiger partial charge on any atom is 0.203 e. The van der Waals surface area contributed by atoms with E-state index in [1.165, 1.54) is 11.1 Å². The highest BCUT2D eigenvalue weighted by Gasteiger charge is 2.30. The topological polar surface area (TPSA) is 49.0 Å². The van der Waals surface area contributed by atoms with Crippen molar-refractivity contribution in [1.82, 2.24) is 5.32 Å². The molecule has 1 heterocycles. The van der Waals surface area contributed by atoms with E-state index in [1.54, 1.807) is 14.2 Å². The van der Waals surface area contributed by atoms with Crippen molar-refractivity contribution in [3.05, 3.63) is 83.9 Å². The molecule has 0 aromatic heterocycles. The summed E-state index contributed by atoms with van der Waals surface area (Å²) in [5, 5.41) is 3.50. The molecule has 5 nitrogen and oxygen atoms in total. The molecule has 0 fully saturated rings. The number of hydrogen-bond acceptors (Lipinski definition) is 5. The van der Waals surface area contributed by atoms with E-state index in [0.29, 0.717) is 36.3 Å². The van der Waals surface area contributed by atoms with Crippen LogP contribution in [0.25, 0.3) is 0 Å². The third-order valence-electron chi connectivity index (χ3n) is 5.62. The fourth-order valence-corrected chi connectivity index (χ4v) is 4.05. The fourth-order valence-electron chi connectivity index (χ4n) is 4.05. The summed E-state index contributed by atoms with van der Waals surface area (Å²) in [5.74, 6) is 3.24. The van der Waals surface area contributed by atoms with Crippen LogP contribution in [0, 0.1) is 0 Å². The van der Waals surface area contributed by atoms with Crippen LogP contribution in [0.2, 0.25) is 0 Å². The molecule has 162 valence electrons.